The first-order chi connectivity index (χ1) is 16.6. The number of nitrogens with zero attached hydrogens (tertiary/aromatic N) is 2. The van der Waals surface area contributed by atoms with Gasteiger partial charge in [-0.25, -0.2) is 4.98 Å². The highest BCUT2D eigenvalue weighted by Crippen LogP contribution is 2.27. The van der Waals surface area contributed by atoms with E-state index in [4.69, 9.17) is 9.47 Å². The van der Waals surface area contributed by atoms with E-state index in [1.807, 2.05) is 47.3 Å². The minimum absolute atomic E-state index is 0.0447. The van der Waals surface area contributed by atoms with Crippen molar-refractivity contribution in [2.75, 3.05) is 40.9 Å². The van der Waals surface area contributed by atoms with E-state index in [1.165, 1.54) is 5.56 Å². The predicted octanol–water partition coefficient (Wildman–Crippen LogP) is 4.91. The molecule has 7 heteroatoms. The Morgan fingerprint density at radius 1 is 1.09 bits per heavy atom. The van der Waals surface area contributed by atoms with Gasteiger partial charge in [0.1, 0.15) is 0 Å². The number of aromatic nitrogens is 1. The fraction of sp³-hybridized carbons (Fsp3) is 0.333. The summed E-state index contributed by atoms with van der Waals surface area (Å²) in [5.74, 6) is 1.55. The van der Waals surface area contributed by atoms with Gasteiger partial charge >= 0.3 is 0 Å². The van der Waals surface area contributed by atoms with Gasteiger partial charge < -0.3 is 19.7 Å². The van der Waals surface area contributed by atoms with Crippen molar-refractivity contribution >= 4 is 23.3 Å². The van der Waals surface area contributed by atoms with Gasteiger partial charge in [-0.3, -0.25) is 4.79 Å². The number of carbonyl (C=O) groups is 1. The fourth-order valence-corrected chi connectivity index (χ4v) is 4.10. The number of benzene rings is 2. The molecule has 1 amide bonds. The molecule has 180 valence electrons. The summed E-state index contributed by atoms with van der Waals surface area (Å²) in [6.45, 7) is 2.54. The van der Waals surface area contributed by atoms with Crippen LogP contribution in [0.5, 0.6) is 11.5 Å². The van der Waals surface area contributed by atoms with Crippen molar-refractivity contribution < 1.29 is 14.3 Å². The first-order valence-corrected chi connectivity index (χ1v) is 12.3. The molecule has 0 unspecified atom stereocenters. The van der Waals surface area contributed by atoms with Crippen molar-refractivity contribution in [2.24, 2.45) is 0 Å². The Labute approximate surface area is 206 Å². The quantitative estimate of drug-likeness (QED) is 0.353. The summed E-state index contributed by atoms with van der Waals surface area (Å²) >= 11 is 1.59. The van der Waals surface area contributed by atoms with E-state index in [1.54, 1.807) is 25.6 Å². The average Bonchev–Trinajstić information content (AvgIpc) is 3.40. The SMILES string of the molecule is COc1ccc(CCN(C)CCCNC(=O)C/C=C/c2ccc(-c3cscn3)cc2)cc1OC. The lowest BCUT2D eigenvalue weighted by atomic mass is 10.1. The molecular formula is C27H33N3O3S. The van der Waals surface area contributed by atoms with Gasteiger partial charge in [-0.1, -0.05) is 42.5 Å². The maximum atomic E-state index is 12.1. The molecule has 0 radical (unpaired) electrons. The molecule has 0 aliphatic carbocycles. The zero-order valence-electron chi connectivity index (χ0n) is 20.1. The highest BCUT2D eigenvalue weighted by Gasteiger charge is 2.06. The van der Waals surface area contributed by atoms with Crippen molar-refractivity contribution in [1.29, 1.82) is 0 Å². The number of nitrogens with one attached hydrogen (secondary N) is 1. The second kappa shape index (κ2) is 13.5. The van der Waals surface area contributed by atoms with E-state index in [-0.39, 0.29) is 5.91 Å². The van der Waals surface area contributed by atoms with Gasteiger partial charge in [-0.05, 0) is 49.7 Å². The predicted molar refractivity (Wildman–Crippen MR) is 140 cm³/mol. The molecule has 1 N–H and O–H groups in total. The Hall–Kier alpha value is -3.16. The van der Waals surface area contributed by atoms with Gasteiger partial charge in [0.25, 0.3) is 0 Å². The van der Waals surface area contributed by atoms with Crippen molar-refractivity contribution in [3.8, 4) is 22.8 Å². The molecule has 0 saturated heterocycles. The summed E-state index contributed by atoms with van der Waals surface area (Å²) in [5.41, 5.74) is 6.21. The van der Waals surface area contributed by atoms with Crippen molar-refractivity contribution in [3.63, 3.8) is 0 Å². The van der Waals surface area contributed by atoms with E-state index < -0.39 is 0 Å². The lowest BCUT2D eigenvalue weighted by Crippen LogP contribution is -2.28. The molecule has 0 bridgehead atoms. The Kier molecular flexibility index (Phi) is 10.1. The number of hydrogen-bond donors (Lipinski definition) is 1. The molecule has 34 heavy (non-hydrogen) atoms. The summed E-state index contributed by atoms with van der Waals surface area (Å²) in [5, 5.41) is 5.03. The van der Waals surface area contributed by atoms with Crippen LogP contribution in [0.25, 0.3) is 17.3 Å². The Morgan fingerprint density at radius 2 is 1.88 bits per heavy atom. The highest BCUT2D eigenvalue weighted by atomic mass is 32.1. The van der Waals surface area contributed by atoms with Crippen LogP contribution in [0.2, 0.25) is 0 Å². The van der Waals surface area contributed by atoms with E-state index in [0.717, 1.165) is 54.3 Å². The van der Waals surface area contributed by atoms with Crippen LogP contribution in [0.3, 0.4) is 0 Å². The van der Waals surface area contributed by atoms with Crippen molar-refractivity contribution in [2.45, 2.75) is 19.3 Å². The van der Waals surface area contributed by atoms with E-state index in [2.05, 4.69) is 40.4 Å². The summed E-state index contributed by atoms with van der Waals surface area (Å²) in [4.78, 5) is 18.7. The lowest BCUT2D eigenvalue weighted by molar-refractivity contribution is -0.120. The Balaban J connectivity index is 1.30. The zero-order chi connectivity index (χ0) is 24.2. The largest absolute Gasteiger partial charge is 0.493 e. The second-order valence-electron chi connectivity index (χ2n) is 8.05. The molecule has 1 aromatic heterocycles. The van der Waals surface area contributed by atoms with Crippen LogP contribution in [0.1, 0.15) is 24.0 Å². The van der Waals surface area contributed by atoms with Crippen LogP contribution in [-0.2, 0) is 11.2 Å². The van der Waals surface area contributed by atoms with Gasteiger partial charge in [0.15, 0.2) is 11.5 Å². The fourth-order valence-electron chi connectivity index (χ4n) is 3.54. The number of carbonyl (C=O) groups excluding carboxylic acids is 1. The summed E-state index contributed by atoms with van der Waals surface area (Å²) < 4.78 is 10.7. The smallest absolute Gasteiger partial charge is 0.223 e. The third kappa shape index (κ3) is 8.01. The number of likely N-dealkylation sites (N-methyl/N-ethyl adjacent to an activating group) is 1. The first-order valence-electron chi connectivity index (χ1n) is 11.4. The van der Waals surface area contributed by atoms with Crippen molar-refractivity contribution in [3.05, 3.63) is 70.6 Å². The number of ether oxygens (including phenoxy) is 2. The van der Waals surface area contributed by atoms with E-state index in [0.29, 0.717) is 13.0 Å². The Bertz CT molecular complexity index is 1050. The molecule has 1 heterocycles. The second-order valence-corrected chi connectivity index (χ2v) is 8.77. The average molecular weight is 480 g/mol. The van der Waals surface area contributed by atoms with Gasteiger partial charge in [-0.2, -0.15) is 0 Å². The molecule has 0 saturated carbocycles. The summed E-state index contributed by atoms with van der Waals surface area (Å²) in [7, 11) is 5.40. The third-order valence-electron chi connectivity index (χ3n) is 5.52. The van der Waals surface area contributed by atoms with E-state index >= 15 is 0 Å². The molecule has 0 aliphatic heterocycles. The van der Waals surface area contributed by atoms with Crippen LogP contribution >= 0.6 is 11.3 Å². The topological polar surface area (TPSA) is 63.7 Å². The maximum absolute atomic E-state index is 12.1. The molecule has 0 atom stereocenters. The van der Waals surface area contributed by atoms with Gasteiger partial charge in [-0.15, -0.1) is 11.3 Å². The first kappa shape index (κ1) is 25.5. The molecule has 2 aromatic carbocycles. The van der Waals surface area contributed by atoms with E-state index in [9.17, 15) is 4.79 Å². The van der Waals surface area contributed by atoms with Crippen LogP contribution < -0.4 is 14.8 Å². The molecule has 0 spiro atoms. The molecular weight excluding hydrogens is 446 g/mol. The standard InChI is InChI=1S/C27H33N3O3S/c1-30(17-14-22-10-13-25(32-2)26(18-22)33-3)16-5-15-28-27(31)7-4-6-21-8-11-23(12-9-21)24-19-34-20-29-24/h4,6,8-13,18-20H,5,7,14-17H2,1-3H3,(H,28,31)/b6-4+. The van der Waals surface area contributed by atoms with Crippen molar-refractivity contribution in [1.82, 2.24) is 15.2 Å². The number of hydrogen-bond acceptors (Lipinski definition) is 6. The monoisotopic (exact) mass is 479 g/mol. The van der Waals surface area contributed by atoms with Gasteiger partial charge in [0.2, 0.25) is 5.91 Å². The zero-order valence-corrected chi connectivity index (χ0v) is 20.9. The molecule has 0 aliphatic rings. The number of amides is 1. The minimum atomic E-state index is 0.0447. The number of thiazole rings is 1. The summed E-state index contributed by atoms with van der Waals surface area (Å²) in [6.07, 6.45) is 6.10. The maximum Gasteiger partial charge on any atom is 0.223 e. The normalized spacial score (nSPS) is 11.2. The molecule has 0 fully saturated rings. The molecule has 3 rings (SSSR count). The lowest BCUT2D eigenvalue weighted by Gasteiger charge is -2.17. The minimum Gasteiger partial charge on any atom is -0.493 e. The van der Waals surface area contributed by atoms with Crippen LogP contribution in [0.4, 0.5) is 0 Å². The van der Waals surface area contributed by atoms with Crippen LogP contribution in [-0.4, -0.2) is 56.7 Å². The Morgan fingerprint density at radius 3 is 2.59 bits per heavy atom. The molecule has 6 nitrogen and oxygen atoms in total. The van der Waals surface area contributed by atoms with Crippen LogP contribution in [0.15, 0.2) is 59.4 Å². The van der Waals surface area contributed by atoms with Gasteiger partial charge in [0.05, 0.1) is 25.4 Å². The summed E-state index contributed by atoms with van der Waals surface area (Å²) in [6, 6.07) is 14.2. The third-order valence-corrected chi connectivity index (χ3v) is 6.11. The number of rotatable bonds is 13. The molecule has 3 aromatic rings. The number of methoxy groups -OCH3 is 2. The highest BCUT2D eigenvalue weighted by molar-refractivity contribution is 7.07. The van der Waals surface area contributed by atoms with Gasteiger partial charge in [0, 0.05) is 30.5 Å². The van der Waals surface area contributed by atoms with Crippen LogP contribution in [0, 0.1) is 0 Å².